The fourth-order valence-electron chi connectivity index (χ4n) is 3.20. The second kappa shape index (κ2) is 6.59. The van der Waals surface area contributed by atoms with E-state index in [1.807, 2.05) is 12.2 Å². The molecule has 1 aromatic rings. The Morgan fingerprint density at radius 2 is 2.15 bits per heavy atom. The van der Waals surface area contributed by atoms with Crippen LogP contribution in [0.4, 0.5) is 14.6 Å². The molecule has 3 aliphatic rings. The fraction of sp³-hybridized carbons (Fsp3) is 0.158. The Balaban J connectivity index is 1.66. The minimum atomic E-state index is -0.671. The topological polar surface area (TPSA) is 67.2 Å². The van der Waals surface area contributed by atoms with Crippen LogP contribution in [0.15, 0.2) is 83.0 Å². The van der Waals surface area contributed by atoms with Gasteiger partial charge in [-0.2, -0.15) is 0 Å². The Hall–Kier alpha value is -3.22. The number of rotatable bonds is 3. The van der Waals surface area contributed by atoms with Gasteiger partial charge in [-0.05, 0) is 24.1 Å². The van der Waals surface area contributed by atoms with Gasteiger partial charge in [0.05, 0.1) is 5.92 Å². The molecule has 4 rings (SSSR count). The average Bonchev–Trinajstić information content (AvgIpc) is 3.02. The van der Waals surface area contributed by atoms with Gasteiger partial charge in [-0.1, -0.05) is 24.3 Å². The van der Waals surface area contributed by atoms with Crippen molar-refractivity contribution in [2.45, 2.75) is 6.42 Å². The average molecular weight is 352 g/mol. The van der Waals surface area contributed by atoms with Gasteiger partial charge in [0.1, 0.15) is 29.5 Å². The zero-order chi connectivity index (χ0) is 18.1. The predicted molar refractivity (Wildman–Crippen MR) is 93.4 cm³/mol. The van der Waals surface area contributed by atoms with E-state index in [1.54, 1.807) is 18.2 Å². The van der Waals surface area contributed by atoms with Crippen LogP contribution in [0.3, 0.4) is 0 Å². The highest BCUT2D eigenvalue weighted by Gasteiger charge is 2.37. The zero-order valence-corrected chi connectivity index (χ0v) is 13.6. The molecule has 0 radical (unpaired) electrons. The molecule has 2 unspecified atom stereocenters. The summed E-state index contributed by atoms with van der Waals surface area (Å²) in [5.41, 5.74) is 1.41. The maximum atomic E-state index is 14.3. The number of hydrogen-bond donors (Lipinski definition) is 1. The van der Waals surface area contributed by atoms with Gasteiger partial charge in [0, 0.05) is 23.9 Å². The summed E-state index contributed by atoms with van der Waals surface area (Å²) in [6.07, 6.45) is 12.5. The van der Waals surface area contributed by atoms with Crippen LogP contribution in [-0.4, -0.2) is 21.6 Å². The van der Waals surface area contributed by atoms with Crippen molar-refractivity contribution in [3.8, 4) is 0 Å². The van der Waals surface area contributed by atoms with Crippen LogP contribution < -0.4 is 5.32 Å². The molecule has 0 aromatic carbocycles. The Kier molecular flexibility index (Phi) is 4.12. The maximum Gasteiger partial charge on any atom is 0.275 e. The summed E-state index contributed by atoms with van der Waals surface area (Å²) in [5.74, 6) is -2.22. The zero-order valence-electron chi connectivity index (χ0n) is 13.6. The molecule has 1 amide bonds. The van der Waals surface area contributed by atoms with E-state index in [9.17, 15) is 13.6 Å². The van der Waals surface area contributed by atoms with Gasteiger partial charge in [0.25, 0.3) is 5.91 Å². The third-order valence-electron chi connectivity index (χ3n) is 4.41. The number of amides is 1. The van der Waals surface area contributed by atoms with Gasteiger partial charge in [-0.3, -0.25) is 4.79 Å². The van der Waals surface area contributed by atoms with Gasteiger partial charge < -0.3 is 5.32 Å². The summed E-state index contributed by atoms with van der Waals surface area (Å²) in [4.78, 5) is 24.8. The molecule has 1 N–H and O–H groups in total. The molecule has 0 fully saturated rings. The predicted octanol–water partition coefficient (Wildman–Crippen LogP) is 3.59. The number of nitrogens with one attached hydrogen (secondary N) is 1. The lowest BCUT2D eigenvalue weighted by Gasteiger charge is -2.22. The smallest absolute Gasteiger partial charge is 0.275 e. The Morgan fingerprint density at radius 3 is 2.92 bits per heavy atom. The lowest BCUT2D eigenvalue weighted by molar-refractivity contribution is -0.112. The minimum absolute atomic E-state index is 0.176. The monoisotopic (exact) mass is 352 g/mol. The van der Waals surface area contributed by atoms with Gasteiger partial charge in [0.15, 0.2) is 0 Å². The SMILES string of the molecule is O=C(Nc1ccncn1)C1=C2C=CC=CC2C(C2CC=C(F)C=C2F)=N1. The standard InChI is InChI=1S/C19H14F2N4O/c20-11-5-6-14(15(21)9-11)17-12-3-1-2-4-13(12)18(25-17)19(26)24-16-7-8-22-10-23-16/h1-5,7-10,12,14H,6H2,(H,22,23,24,26). The van der Waals surface area contributed by atoms with Crippen molar-refractivity contribution in [3.05, 3.63) is 78.0 Å². The lowest BCUT2D eigenvalue weighted by Crippen LogP contribution is -2.23. The summed E-state index contributed by atoms with van der Waals surface area (Å²) < 4.78 is 27.6. The van der Waals surface area contributed by atoms with Crippen molar-refractivity contribution in [1.29, 1.82) is 0 Å². The van der Waals surface area contributed by atoms with E-state index < -0.39 is 23.5 Å². The molecule has 0 saturated heterocycles. The third-order valence-corrected chi connectivity index (χ3v) is 4.41. The fourth-order valence-corrected chi connectivity index (χ4v) is 3.20. The molecule has 0 saturated carbocycles. The first-order valence-corrected chi connectivity index (χ1v) is 8.11. The number of allylic oxidation sites excluding steroid dienone is 9. The highest BCUT2D eigenvalue weighted by molar-refractivity contribution is 6.11. The van der Waals surface area contributed by atoms with E-state index in [4.69, 9.17) is 0 Å². The highest BCUT2D eigenvalue weighted by atomic mass is 19.1. The van der Waals surface area contributed by atoms with Crippen molar-refractivity contribution in [3.63, 3.8) is 0 Å². The quantitative estimate of drug-likeness (QED) is 0.904. The largest absolute Gasteiger partial charge is 0.305 e. The molecule has 2 heterocycles. The van der Waals surface area contributed by atoms with E-state index >= 15 is 0 Å². The summed E-state index contributed by atoms with van der Waals surface area (Å²) >= 11 is 0. The normalized spacial score (nSPS) is 24.0. The summed E-state index contributed by atoms with van der Waals surface area (Å²) in [5, 5.41) is 2.67. The molecule has 1 aliphatic heterocycles. The van der Waals surface area contributed by atoms with Crippen molar-refractivity contribution in [2.75, 3.05) is 5.32 Å². The molecule has 26 heavy (non-hydrogen) atoms. The van der Waals surface area contributed by atoms with Crippen molar-refractivity contribution >= 4 is 17.4 Å². The van der Waals surface area contributed by atoms with Gasteiger partial charge >= 0.3 is 0 Å². The number of aliphatic imine (C=N–C) groups is 1. The summed E-state index contributed by atoms with van der Waals surface area (Å²) in [7, 11) is 0. The number of nitrogens with zero attached hydrogens (tertiary/aromatic N) is 3. The number of halogens is 2. The second-order valence-corrected chi connectivity index (χ2v) is 6.02. The molecule has 7 heteroatoms. The first-order chi connectivity index (χ1) is 12.6. The number of hydrogen-bond acceptors (Lipinski definition) is 4. The number of carbonyl (C=O) groups is 1. The van der Waals surface area contributed by atoms with Crippen LogP contribution in [-0.2, 0) is 4.79 Å². The molecule has 5 nitrogen and oxygen atoms in total. The molecule has 2 aliphatic carbocycles. The van der Waals surface area contributed by atoms with Crippen LogP contribution in [0.5, 0.6) is 0 Å². The van der Waals surface area contributed by atoms with E-state index in [1.165, 1.54) is 18.6 Å². The van der Waals surface area contributed by atoms with E-state index in [0.717, 1.165) is 6.08 Å². The summed E-state index contributed by atoms with van der Waals surface area (Å²) in [6.45, 7) is 0. The molecule has 2 atom stereocenters. The van der Waals surface area contributed by atoms with Crippen LogP contribution >= 0.6 is 0 Å². The van der Waals surface area contributed by atoms with Gasteiger partial charge in [0.2, 0.25) is 0 Å². The Labute approximate surface area is 148 Å². The van der Waals surface area contributed by atoms with E-state index in [2.05, 4.69) is 20.3 Å². The number of anilines is 1. The first-order valence-electron chi connectivity index (χ1n) is 8.11. The number of fused-ring (bicyclic) bond motifs is 1. The van der Waals surface area contributed by atoms with Crippen LogP contribution in [0.1, 0.15) is 6.42 Å². The van der Waals surface area contributed by atoms with Crippen molar-refractivity contribution in [2.24, 2.45) is 16.8 Å². The molecule has 0 spiro atoms. The highest BCUT2D eigenvalue weighted by Crippen LogP contribution is 2.39. The van der Waals surface area contributed by atoms with E-state index in [0.29, 0.717) is 17.1 Å². The van der Waals surface area contributed by atoms with E-state index in [-0.39, 0.29) is 18.0 Å². The lowest BCUT2D eigenvalue weighted by atomic mass is 9.82. The molecule has 1 aromatic heterocycles. The first kappa shape index (κ1) is 16.3. The number of aromatic nitrogens is 2. The summed E-state index contributed by atoms with van der Waals surface area (Å²) in [6, 6.07) is 1.56. The molecule has 130 valence electrons. The molecular formula is C19H14F2N4O. The minimum Gasteiger partial charge on any atom is -0.305 e. The van der Waals surface area contributed by atoms with Crippen molar-refractivity contribution < 1.29 is 13.6 Å². The van der Waals surface area contributed by atoms with Crippen LogP contribution in [0, 0.1) is 11.8 Å². The third kappa shape index (κ3) is 2.92. The van der Waals surface area contributed by atoms with Crippen LogP contribution in [0.2, 0.25) is 0 Å². The van der Waals surface area contributed by atoms with Gasteiger partial charge in [-0.25, -0.2) is 23.7 Å². The Morgan fingerprint density at radius 1 is 1.27 bits per heavy atom. The molecule has 0 bridgehead atoms. The maximum absolute atomic E-state index is 14.3. The molecular weight excluding hydrogens is 338 g/mol. The Bertz CT molecular complexity index is 942. The number of carbonyl (C=O) groups excluding carboxylic acids is 1. The van der Waals surface area contributed by atoms with Gasteiger partial charge in [-0.15, -0.1) is 0 Å². The van der Waals surface area contributed by atoms with Crippen molar-refractivity contribution in [1.82, 2.24) is 9.97 Å². The second-order valence-electron chi connectivity index (χ2n) is 6.02. The van der Waals surface area contributed by atoms with Crippen LogP contribution in [0.25, 0.3) is 0 Å².